The van der Waals surface area contributed by atoms with Crippen molar-refractivity contribution in [3.8, 4) is 0 Å². The Hall–Kier alpha value is 2.21. The quantitative estimate of drug-likeness (QED) is 0.455. The Labute approximate surface area is 168 Å². The number of carboxylic acid groups (broad SMARTS) is 2. The number of rotatable bonds is 2. The van der Waals surface area contributed by atoms with E-state index in [-0.39, 0.29) is 103 Å². The van der Waals surface area contributed by atoms with E-state index in [1.807, 2.05) is 0 Å². The third kappa shape index (κ3) is 6.07. The molecule has 4 nitrogen and oxygen atoms in total. The summed E-state index contributed by atoms with van der Waals surface area (Å²) < 4.78 is 0. The Morgan fingerprint density at radius 1 is 0.786 bits per heavy atom. The summed E-state index contributed by atoms with van der Waals surface area (Å²) in [5.41, 5.74) is 0. The Kier molecular flexibility index (Phi) is 12.3. The molecule has 1 saturated carbocycles. The van der Waals surface area contributed by atoms with Gasteiger partial charge in [0.15, 0.2) is 0 Å². The zero-order chi connectivity index (χ0) is 9.14. The van der Waals surface area contributed by atoms with Gasteiger partial charge in [-0.1, -0.05) is 0 Å². The van der Waals surface area contributed by atoms with E-state index in [0.717, 1.165) is 0 Å². The van der Waals surface area contributed by atoms with Crippen LogP contribution in [0.2, 0.25) is 0 Å². The van der Waals surface area contributed by atoms with Crippen molar-refractivity contribution in [2.75, 3.05) is 0 Å². The first-order valence-electron chi connectivity index (χ1n) is 4.03. The van der Waals surface area contributed by atoms with E-state index < -0.39 is 23.8 Å². The van der Waals surface area contributed by atoms with Gasteiger partial charge in [-0.15, -0.1) is 0 Å². The van der Waals surface area contributed by atoms with Crippen LogP contribution in [0.25, 0.3) is 0 Å². The van der Waals surface area contributed by atoms with Gasteiger partial charge in [0.25, 0.3) is 0 Å². The normalized spacial score (nSPS) is 25.4. The molecule has 0 radical (unpaired) electrons. The van der Waals surface area contributed by atoms with Crippen LogP contribution in [0.5, 0.6) is 0 Å². The molecule has 0 bridgehead atoms. The predicted octanol–water partition coefficient (Wildman–Crippen LogP) is -7.70. The van der Waals surface area contributed by atoms with Gasteiger partial charge >= 0.3 is 103 Å². The summed E-state index contributed by atoms with van der Waals surface area (Å²) in [5.74, 6) is -3.04. The number of hydrogen-bond acceptors (Lipinski definition) is 4. The van der Waals surface area contributed by atoms with Crippen molar-refractivity contribution in [2.24, 2.45) is 11.8 Å². The molecule has 0 aromatic rings. The van der Waals surface area contributed by atoms with E-state index in [1.165, 1.54) is 0 Å². The van der Waals surface area contributed by atoms with Crippen LogP contribution in [0.1, 0.15) is 25.7 Å². The minimum atomic E-state index is -1.06. The maximum absolute atomic E-state index is 10.4. The molecule has 1 aliphatic carbocycles. The van der Waals surface area contributed by atoms with Crippen molar-refractivity contribution >= 4 is 11.9 Å². The largest absolute Gasteiger partial charge is 1.00 e. The second-order valence-corrected chi connectivity index (χ2v) is 3.19. The van der Waals surface area contributed by atoms with Gasteiger partial charge < -0.3 is 19.8 Å². The average Bonchev–Trinajstić information content (AvgIpc) is 2.04. The number of hydrogen-bond donors (Lipinski definition) is 0. The molecule has 0 amide bonds. The summed E-state index contributed by atoms with van der Waals surface area (Å²) in [4.78, 5) is 20.7. The summed E-state index contributed by atoms with van der Waals surface area (Å²) in [5, 5.41) is 20.7. The average molecular weight is 248 g/mol. The molecule has 0 aromatic carbocycles. The maximum atomic E-state index is 10.4. The Bertz CT molecular complexity index is 178. The van der Waals surface area contributed by atoms with Crippen molar-refractivity contribution in [2.45, 2.75) is 25.7 Å². The minimum absolute atomic E-state index is 0. The second-order valence-electron chi connectivity index (χ2n) is 3.19. The van der Waals surface area contributed by atoms with Crippen LogP contribution < -0.4 is 113 Å². The Morgan fingerprint density at radius 2 is 1.00 bits per heavy atom. The first-order valence-corrected chi connectivity index (χ1v) is 4.03. The summed E-state index contributed by atoms with van der Waals surface area (Å²) in [6.45, 7) is 0. The molecule has 6 heteroatoms. The third-order valence-electron chi connectivity index (χ3n) is 2.39. The molecule has 0 N–H and O–H groups in total. The standard InChI is InChI=1S/C8H12O4.2K/c9-7(10)5-1-2-6(4-3-5)8(11)12;;/h5-6H,1-4H2,(H,9,10)(H,11,12);;/q;2*+1/p-2. The van der Waals surface area contributed by atoms with Gasteiger partial charge in [-0.05, 0) is 37.5 Å². The maximum Gasteiger partial charge on any atom is 1.00 e. The van der Waals surface area contributed by atoms with Crippen LogP contribution in [0.3, 0.4) is 0 Å². The molecule has 1 fully saturated rings. The van der Waals surface area contributed by atoms with Gasteiger partial charge in [0.1, 0.15) is 0 Å². The van der Waals surface area contributed by atoms with E-state index in [4.69, 9.17) is 0 Å². The summed E-state index contributed by atoms with van der Waals surface area (Å²) in [7, 11) is 0. The first kappa shape index (κ1) is 18.6. The molecule has 68 valence electrons. The van der Waals surface area contributed by atoms with E-state index in [2.05, 4.69) is 0 Å². The van der Waals surface area contributed by atoms with Crippen LogP contribution in [0.15, 0.2) is 0 Å². The van der Waals surface area contributed by atoms with Crippen molar-refractivity contribution in [1.29, 1.82) is 0 Å². The molecule has 0 saturated heterocycles. The molecule has 0 aliphatic heterocycles. The number of carboxylic acids is 2. The van der Waals surface area contributed by atoms with E-state index in [0.29, 0.717) is 25.7 Å². The van der Waals surface area contributed by atoms with Crippen LogP contribution in [-0.2, 0) is 9.59 Å². The summed E-state index contributed by atoms with van der Waals surface area (Å²) >= 11 is 0. The molecule has 0 spiro atoms. The van der Waals surface area contributed by atoms with Gasteiger partial charge in [-0.2, -0.15) is 0 Å². The topological polar surface area (TPSA) is 80.3 Å². The van der Waals surface area contributed by atoms with Gasteiger partial charge in [0.05, 0.1) is 0 Å². The van der Waals surface area contributed by atoms with Gasteiger partial charge in [0.2, 0.25) is 0 Å². The monoisotopic (exact) mass is 248 g/mol. The SMILES string of the molecule is O=C([O-])C1CCC(C(=O)[O-])CC1.[K+].[K+]. The molecule has 0 atom stereocenters. The number of carbonyl (C=O) groups is 2. The molecule has 0 aromatic heterocycles. The first-order chi connectivity index (χ1) is 5.61. The molecule has 0 unspecified atom stereocenters. The number of aliphatic carboxylic acids is 2. The molecule has 1 aliphatic rings. The van der Waals surface area contributed by atoms with E-state index in [1.54, 1.807) is 0 Å². The fraction of sp³-hybridized carbons (Fsp3) is 0.750. The fourth-order valence-electron chi connectivity index (χ4n) is 1.56. The van der Waals surface area contributed by atoms with Crippen LogP contribution in [-0.4, -0.2) is 11.9 Å². The fourth-order valence-corrected chi connectivity index (χ4v) is 1.56. The predicted molar refractivity (Wildman–Crippen MR) is 35.5 cm³/mol. The van der Waals surface area contributed by atoms with Gasteiger partial charge in [0, 0.05) is 11.9 Å². The van der Waals surface area contributed by atoms with Gasteiger partial charge in [-0.25, -0.2) is 0 Å². The summed E-state index contributed by atoms with van der Waals surface area (Å²) in [6.07, 6.45) is 1.62. The Balaban J connectivity index is 0. The van der Waals surface area contributed by atoms with Crippen molar-refractivity contribution < 1.29 is 123 Å². The number of carbonyl (C=O) groups excluding carboxylic acids is 2. The van der Waals surface area contributed by atoms with Crippen LogP contribution in [0, 0.1) is 11.8 Å². The van der Waals surface area contributed by atoms with Crippen molar-refractivity contribution in [3.05, 3.63) is 0 Å². The van der Waals surface area contributed by atoms with Crippen LogP contribution in [0.4, 0.5) is 0 Å². The zero-order valence-corrected chi connectivity index (χ0v) is 14.9. The minimum Gasteiger partial charge on any atom is -0.550 e. The second kappa shape index (κ2) is 9.26. The Morgan fingerprint density at radius 3 is 1.14 bits per heavy atom. The van der Waals surface area contributed by atoms with E-state index >= 15 is 0 Å². The summed E-state index contributed by atoms with van der Waals surface area (Å²) in [6, 6.07) is 0. The van der Waals surface area contributed by atoms with Crippen LogP contribution >= 0.6 is 0 Å². The molecule has 0 heterocycles. The van der Waals surface area contributed by atoms with Gasteiger partial charge in [-0.3, -0.25) is 0 Å². The van der Waals surface area contributed by atoms with Crippen molar-refractivity contribution in [1.82, 2.24) is 0 Å². The molecule has 14 heavy (non-hydrogen) atoms. The third-order valence-corrected chi connectivity index (χ3v) is 2.39. The smallest absolute Gasteiger partial charge is 0.550 e. The zero-order valence-electron chi connectivity index (χ0n) is 8.62. The van der Waals surface area contributed by atoms with E-state index in [9.17, 15) is 19.8 Å². The van der Waals surface area contributed by atoms with Crippen molar-refractivity contribution in [3.63, 3.8) is 0 Å². The molecular weight excluding hydrogens is 238 g/mol. The molecular formula is C8H10K2O4. The molecule has 1 rings (SSSR count).